The predicted molar refractivity (Wildman–Crippen MR) is 317 cm³/mol. The molecule has 0 bridgehead atoms. The number of furan rings is 3. The van der Waals surface area contributed by atoms with E-state index in [1.807, 2.05) is 0 Å². The van der Waals surface area contributed by atoms with E-state index in [4.69, 9.17) is 13.3 Å². The minimum absolute atomic E-state index is 0.825. The molecule has 0 saturated carbocycles. The number of fused-ring (bicyclic) bond motifs is 14. The molecule has 5 heteroatoms. The van der Waals surface area contributed by atoms with Crippen LogP contribution in [-0.4, -0.2) is 0 Å². The lowest BCUT2D eigenvalue weighted by molar-refractivity contribution is 0.670. The molecule has 0 aliphatic carbocycles. The molecule has 1 aliphatic heterocycles. The number of nitrogens with zero attached hydrogens (tertiary/aromatic N) is 2. The van der Waals surface area contributed by atoms with Gasteiger partial charge in [0, 0.05) is 76.2 Å². The van der Waals surface area contributed by atoms with Crippen molar-refractivity contribution in [2.45, 2.75) is 20.8 Å². The van der Waals surface area contributed by atoms with Crippen LogP contribution in [0.1, 0.15) is 16.7 Å². The van der Waals surface area contributed by atoms with Gasteiger partial charge < -0.3 is 23.1 Å². The highest BCUT2D eigenvalue weighted by Crippen LogP contribution is 2.57. The highest BCUT2D eigenvalue weighted by molar-refractivity contribution is 6.29. The molecule has 0 radical (unpaired) electrons. The Kier molecular flexibility index (Phi) is 9.02. The summed E-state index contributed by atoms with van der Waals surface area (Å²) in [4.78, 5) is 4.84. The number of benzene rings is 12. The van der Waals surface area contributed by atoms with Gasteiger partial charge in [0.05, 0.1) is 28.4 Å². The fourth-order valence-electron chi connectivity index (χ4n) is 12.7. The van der Waals surface area contributed by atoms with Crippen LogP contribution in [0.25, 0.3) is 121 Å². The van der Waals surface area contributed by atoms with Gasteiger partial charge in [-0.3, -0.25) is 0 Å². The van der Waals surface area contributed by atoms with Gasteiger partial charge in [0.2, 0.25) is 0 Å². The van der Waals surface area contributed by atoms with Crippen LogP contribution in [0.4, 0.5) is 34.1 Å². The largest absolute Gasteiger partial charge is 0.455 e. The second kappa shape index (κ2) is 16.1. The van der Waals surface area contributed by atoms with Gasteiger partial charge >= 0.3 is 0 Å². The van der Waals surface area contributed by atoms with Gasteiger partial charge in [0.1, 0.15) is 22.3 Å². The van der Waals surface area contributed by atoms with Crippen molar-refractivity contribution >= 4 is 121 Å². The van der Waals surface area contributed by atoms with Gasteiger partial charge in [-0.25, -0.2) is 0 Å². The van der Waals surface area contributed by atoms with Crippen LogP contribution < -0.4 is 9.80 Å². The molecule has 3 aromatic heterocycles. The topological polar surface area (TPSA) is 45.9 Å². The predicted octanol–water partition coefficient (Wildman–Crippen LogP) is 20.9. The Balaban J connectivity index is 0.979. The summed E-state index contributed by atoms with van der Waals surface area (Å²) in [6.45, 7) is 6.53. The summed E-state index contributed by atoms with van der Waals surface area (Å²) in [6, 6.07) is 80.7. The molecule has 15 aromatic rings. The number of rotatable bonds is 6. The first kappa shape index (κ1) is 42.6. The maximum atomic E-state index is 7.33. The Morgan fingerprint density at radius 2 is 0.697 bits per heavy atom. The minimum atomic E-state index is 0.825. The van der Waals surface area contributed by atoms with E-state index < -0.39 is 0 Å². The zero-order chi connectivity index (χ0) is 50.3. The molecule has 358 valence electrons. The zero-order valence-electron chi connectivity index (χ0n) is 42.0. The van der Waals surface area contributed by atoms with Crippen LogP contribution >= 0.6 is 0 Å². The summed E-state index contributed by atoms with van der Waals surface area (Å²) in [5.41, 5.74) is 21.6. The van der Waals surface area contributed by atoms with Crippen molar-refractivity contribution in [2.24, 2.45) is 0 Å². The Morgan fingerprint density at radius 3 is 1.39 bits per heavy atom. The van der Waals surface area contributed by atoms with E-state index in [1.54, 1.807) is 0 Å². The van der Waals surface area contributed by atoms with E-state index in [0.29, 0.717) is 0 Å². The van der Waals surface area contributed by atoms with E-state index in [1.165, 1.54) is 22.3 Å². The van der Waals surface area contributed by atoms with E-state index >= 15 is 0 Å². The van der Waals surface area contributed by atoms with E-state index in [-0.39, 0.29) is 0 Å². The summed E-state index contributed by atoms with van der Waals surface area (Å²) in [7, 11) is 0. The molecule has 0 spiro atoms. The summed E-state index contributed by atoms with van der Waals surface area (Å²) < 4.78 is 21.8. The molecule has 12 aromatic carbocycles. The van der Waals surface area contributed by atoms with Crippen LogP contribution in [0.3, 0.4) is 0 Å². The van der Waals surface area contributed by atoms with Crippen LogP contribution in [0.5, 0.6) is 0 Å². The molecule has 0 fully saturated rings. The van der Waals surface area contributed by atoms with Crippen molar-refractivity contribution in [2.75, 3.05) is 9.80 Å². The van der Waals surface area contributed by atoms with E-state index in [2.05, 4.69) is 255 Å². The molecule has 0 amide bonds. The molecule has 76 heavy (non-hydrogen) atoms. The second-order valence-electron chi connectivity index (χ2n) is 20.4. The summed E-state index contributed by atoms with van der Waals surface area (Å²) in [6.07, 6.45) is 0. The number of hydrogen-bond acceptors (Lipinski definition) is 5. The van der Waals surface area contributed by atoms with Gasteiger partial charge in [-0.05, 0) is 90.6 Å². The third-order valence-corrected chi connectivity index (χ3v) is 16.2. The maximum Gasteiger partial charge on any atom is 0.159 e. The third kappa shape index (κ3) is 5.96. The Morgan fingerprint density at radius 1 is 0.263 bits per heavy atom. The van der Waals surface area contributed by atoms with Crippen molar-refractivity contribution in [3.8, 4) is 33.4 Å². The molecule has 0 atom stereocenters. The van der Waals surface area contributed by atoms with Crippen molar-refractivity contribution in [3.05, 3.63) is 241 Å². The molecule has 0 unspecified atom stereocenters. The highest BCUT2D eigenvalue weighted by atomic mass is 16.3. The highest BCUT2D eigenvalue weighted by Gasteiger charge is 2.32. The Labute approximate surface area is 437 Å². The fourth-order valence-corrected chi connectivity index (χ4v) is 12.7. The molecule has 16 rings (SSSR count). The average molecular weight is 975 g/mol. The number of anilines is 6. The first-order valence-electron chi connectivity index (χ1n) is 26.1. The van der Waals surface area contributed by atoms with E-state index in [9.17, 15) is 0 Å². The summed E-state index contributed by atoms with van der Waals surface area (Å²) in [5.74, 6) is 0. The van der Waals surface area contributed by atoms with E-state index in [0.717, 1.165) is 149 Å². The summed E-state index contributed by atoms with van der Waals surface area (Å²) in [5, 5.41) is 10.6. The molecule has 5 nitrogen and oxygen atoms in total. The van der Waals surface area contributed by atoms with Crippen molar-refractivity contribution < 1.29 is 13.3 Å². The lowest BCUT2D eigenvalue weighted by atomic mass is 9.89. The summed E-state index contributed by atoms with van der Waals surface area (Å²) >= 11 is 0. The molecule has 4 heterocycles. The number of hydrogen-bond donors (Lipinski definition) is 0. The lowest BCUT2D eigenvalue weighted by Crippen LogP contribution is -2.15. The van der Waals surface area contributed by atoms with Crippen molar-refractivity contribution in [1.82, 2.24) is 0 Å². The quantitative estimate of drug-likeness (QED) is 0.166. The monoisotopic (exact) mass is 974 g/mol. The number of aryl methyl sites for hydroxylation is 3. The van der Waals surface area contributed by atoms with Crippen molar-refractivity contribution in [3.63, 3.8) is 0 Å². The fraction of sp³-hybridized carbons (Fsp3) is 0.0423. The molecular formula is C71H46N2O3. The zero-order valence-corrected chi connectivity index (χ0v) is 42.0. The Hall–Kier alpha value is -9.84. The van der Waals surface area contributed by atoms with Crippen molar-refractivity contribution in [1.29, 1.82) is 0 Å². The third-order valence-electron chi connectivity index (χ3n) is 16.2. The molecule has 1 aliphatic rings. The average Bonchev–Trinajstić information content (AvgIpc) is 4.25. The van der Waals surface area contributed by atoms with Gasteiger partial charge in [0.25, 0.3) is 0 Å². The van der Waals surface area contributed by atoms with Gasteiger partial charge in [-0.2, -0.15) is 0 Å². The SMILES string of the molecule is Cc1ccccc1-c1cccc2c1oc1c(N(c3ccccc3C)c3cc4c5cc6c7c(cccc7c5oc4c4ccccc34)-c3ccccc3N6c3cccc4c3oc3c(-c5ccccc5C)cccc34)cccc12. The molecule has 0 saturated heterocycles. The smallest absolute Gasteiger partial charge is 0.159 e. The first-order valence-corrected chi connectivity index (χ1v) is 26.1. The first-order chi connectivity index (χ1) is 37.5. The maximum absolute atomic E-state index is 7.33. The van der Waals surface area contributed by atoms with Crippen LogP contribution in [0.15, 0.2) is 238 Å². The standard InChI is InChI=1S/C71H46N2O3/c1-41-19-4-7-22-44(41)49-28-15-30-52-54-32-17-37-61(70(54)75-66(49)52)72(59-35-12-6-21-43(59)3)63-39-57-58-40-64-65-48(27-14-34-56(65)69(58)74-68(57)51-26-10-9-25-47(51)63)46-24-11-13-36-60(46)73(64)62-38-18-33-55-53-31-16-29-50(67(53)76-71(55)62)45-23-8-5-20-42(45)2/h4-40H,1-3H3. The molecular weight excluding hydrogens is 929 g/mol. The Bertz CT molecular complexity index is 4950. The van der Waals surface area contributed by atoms with Crippen LogP contribution in [-0.2, 0) is 0 Å². The lowest BCUT2D eigenvalue weighted by Gasteiger charge is -2.33. The molecule has 0 N–H and O–H groups in total. The normalized spacial score (nSPS) is 12.4. The van der Waals surface area contributed by atoms with Crippen LogP contribution in [0, 0.1) is 20.8 Å². The van der Waals surface area contributed by atoms with Crippen LogP contribution in [0.2, 0.25) is 0 Å². The van der Waals surface area contributed by atoms with Gasteiger partial charge in [-0.15, -0.1) is 0 Å². The van der Waals surface area contributed by atoms with Gasteiger partial charge in [0.15, 0.2) is 11.2 Å². The van der Waals surface area contributed by atoms with Gasteiger partial charge in [-0.1, -0.05) is 188 Å². The minimum Gasteiger partial charge on any atom is -0.455 e. The second-order valence-corrected chi connectivity index (χ2v) is 20.4. The number of para-hydroxylation sites is 6.